The van der Waals surface area contributed by atoms with Crippen LogP contribution in [0.2, 0.25) is 0 Å². The maximum absolute atomic E-state index is 12.9. The number of hydrogen-bond acceptors (Lipinski definition) is 3. The number of hydrogen-bond donors (Lipinski definition) is 1. The number of carbonyl (C=O) groups excluding carboxylic acids is 1. The van der Waals surface area contributed by atoms with Gasteiger partial charge in [-0.15, -0.1) is 0 Å². The summed E-state index contributed by atoms with van der Waals surface area (Å²) in [6.07, 6.45) is 2.00. The van der Waals surface area contributed by atoms with Crippen LogP contribution in [0.1, 0.15) is 34.5 Å². The lowest BCUT2D eigenvalue weighted by Gasteiger charge is -2.32. The van der Waals surface area contributed by atoms with Gasteiger partial charge in [0.2, 0.25) is 0 Å². The van der Waals surface area contributed by atoms with E-state index in [2.05, 4.69) is 29.3 Å². The molecule has 1 N–H and O–H groups in total. The number of nitrogens with zero attached hydrogens (tertiary/aromatic N) is 2. The molecule has 5 nitrogen and oxygen atoms in total. The van der Waals surface area contributed by atoms with Crippen molar-refractivity contribution >= 4 is 5.91 Å². The maximum atomic E-state index is 12.9. The molecule has 0 aliphatic carbocycles. The summed E-state index contributed by atoms with van der Waals surface area (Å²) in [5.74, 6) is -0.0149. The van der Waals surface area contributed by atoms with E-state index in [1.54, 1.807) is 0 Å². The molecule has 0 spiro atoms. The van der Waals surface area contributed by atoms with Crippen molar-refractivity contribution in [2.24, 2.45) is 0 Å². The highest BCUT2D eigenvalue weighted by Crippen LogP contribution is 2.21. The van der Waals surface area contributed by atoms with Crippen molar-refractivity contribution in [3.8, 4) is 11.3 Å². The Labute approximate surface area is 165 Å². The van der Waals surface area contributed by atoms with Crippen LogP contribution in [-0.4, -0.2) is 40.2 Å². The third-order valence-electron chi connectivity index (χ3n) is 5.15. The van der Waals surface area contributed by atoms with E-state index in [9.17, 15) is 4.79 Å². The molecule has 2 aromatic carbocycles. The summed E-state index contributed by atoms with van der Waals surface area (Å²) in [5, 5.41) is 7.23. The molecular formula is C23H25N3O2. The quantitative estimate of drug-likeness (QED) is 0.727. The summed E-state index contributed by atoms with van der Waals surface area (Å²) in [7, 11) is 0. The Hall–Kier alpha value is -2.92. The maximum Gasteiger partial charge on any atom is 0.271 e. The summed E-state index contributed by atoms with van der Waals surface area (Å²) in [6, 6.07) is 20.1. The molecule has 0 bridgehead atoms. The fourth-order valence-electron chi connectivity index (χ4n) is 3.52. The van der Waals surface area contributed by atoms with Crippen LogP contribution in [0.4, 0.5) is 0 Å². The summed E-state index contributed by atoms with van der Waals surface area (Å²) < 4.78 is 6.05. The minimum atomic E-state index is -0.0149. The average molecular weight is 375 g/mol. The molecule has 3 aromatic rings. The zero-order valence-corrected chi connectivity index (χ0v) is 16.1. The van der Waals surface area contributed by atoms with Gasteiger partial charge < -0.3 is 9.64 Å². The second kappa shape index (κ2) is 8.40. The zero-order chi connectivity index (χ0) is 19.3. The topological polar surface area (TPSA) is 58.2 Å². The number of nitrogens with one attached hydrogen (secondary N) is 1. The van der Waals surface area contributed by atoms with Gasteiger partial charge in [0.15, 0.2) is 0 Å². The van der Waals surface area contributed by atoms with Crippen molar-refractivity contribution in [2.45, 2.75) is 32.5 Å². The van der Waals surface area contributed by atoms with Gasteiger partial charge in [0.25, 0.3) is 5.91 Å². The Morgan fingerprint density at radius 2 is 1.96 bits per heavy atom. The van der Waals surface area contributed by atoms with Crippen LogP contribution in [0.5, 0.6) is 0 Å². The Kier molecular flexibility index (Phi) is 5.53. The summed E-state index contributed by atoms with van der Waals surface area (Å²) in [4.78, 5) is 14.8. The molecule has 28 heavy (non-hydrogen) atoms. The van der Waals surface area contributed by atoms with Crippen molar-refractivity contribution in [1.82, 2.24) is 15.1 Å². The van der Waals surface area contributed by atoms with E-state index >= 15 is 0 Å². The van der Waals surface area contributed by atoms with E-state index in [1.165, 1.54) is 5.56 Å². The smallest absolute Gasteiger partial charge is 0.271 e. The molecule has 5 heteroatoms. The summed E-state index contributed by atoms with van der Waals surface area (Å²) >= 11 is 0. The number of carbonyl (C=O) groups is 1. The first-order valence-electron chi connectivity index (χ1n) is 9.76. The molecule has 1 aromatic heterocycles. The molecule has 1 atom stereocenters. The molecule has 4 rings (SSSR count). The van der Waals surface area contributed by atoms with Crippen LogP contribution in [-0.2, 0) is 11.3 Å². The molecule has 1 saturated heterocycles. The van der Waals surface area contributed by atoms with Crippen molar-refractivity contribution < 1.29 is 9.53 Å². The first-order valence-corrected chi connectivity index (χ1v) is 9.76. The summed E-state index contributed by atoms with van der Waals surface area (Å²) in [5.41, 5.74) is 4.67. The number of benzene rings is 2. The Bertz CT molecular complexity index is 919. The third-order valence-corrected chi connectivity index (χ3v) is 5.15. The fourth-order valence-corrected chi connectivity index (χ4v) is 3.52. The van der Waals surface area contributed by atoms with Crippen LogP contribution < -0.4 is 0 Å². The predicted octanol–water partition coefficient (Wildman–Crippen LogP) is 4.21. The largest absolute Gasteiger partial charge is 0.372 e. The van der Waals surface area contributed by atoms with Crippen LogP contribution >= 0.6 is 0 Å². The van der Waals surface area contributed by atoms with Gasteiger partial charge in [0.1, 0.15) is 5.69 Å². The van der Waals surface area contributed by atoms with Gasteiger partial charge in [0.05, 0.1) is 18.4 Å². The average Bonchev–Trinajstić information content (AvgIpc) is 3.23. The Morgan fingerprint density at radius 3 is 2.75 bits per heavy atom. The van der Waals surface area contributed by atoms with Crippen LogP contribution in [0.3, 0.4) is 0 Å². The van der Waals surface area contributed by atoms with Crippen LogP contribution in [0.15, 0.2) is 60.7 Å². The zero-order valence-electron chi connectivity index (χ0n) is 16.1. The molecule has 1 unspecified atom stereocenters. The number of aryl methyl sites for hydroxylation is 1. The van der Waals surface area contributed by atoms with Crippen molar-refractivity contribution in [3.63, 3.8) is 0 Å². The molecule has 144 valence electrons. The van der Waals surface area contributed by atoms with E-state index < -0.39 is 0 Å². The monoisotopic (exact) mass is 375 g/mol. The molecule has 0 radical (unpaired) electrons. The normalized spacial score (nSPS) is 16.9. The molecule has 0 saturated carbocycles. The third kappa shape index (κ3) is 4.31. The number of piperidine rings is 1. The van der Waals surface area contributed by atoms with Crippen molar-refractivity contribution in [3.05, 3.63) is 77.5 Å². The van der Waals surface area contributed by atoms with Crippen LogP contribution in [0.25, 0.3) is 11.3 Å². The number of likely N-dealkylation sites (tertiary alicyclic amines) is 1. The van der Waals surface area contributed by atoms with E-state index in [0.717, 1.165) is 36.2 Å². The number of rotatable bonds is 5. The molecular weight excluding hydrogens is 350 g/mol. The van der Waals surface area contributed by atoms with Gasteiger partial charge >= 0.3 is 0 Å². The number of aromatic nitrogens is 2. The summed E-state index contributed by atoms with van der Waals surface area (Å²) in [6.45, 7) is 4.00. The molecule has 1 aliphatic rings. The number of ether oxygens (including phenoxy) is 1. The Balaban J connectivity index is 1.38. The molecule has 1 aliphatic heterocycles. The lowest BCUT2D eigenvalue weighted by molar-refractivity contribution is -0.00688. The lowest BCUT2D eigenvalue weighted by Crippen LogP contribution is -2.43. The standard InChI is InChI=1S/C23H25N3O2/c1-17-9-11-19(12-10-17)21-14-22(25-24-21)23(27)26-13-5-8-20(15-26)28-16-18-6-3-2-4-7-18/h2-4,6-7,9-12,14,20H,5,8,13,15-16H2,1H3,(H,24,25). The minimum absolute atomic E-state index is 0.0149. The second-order valence-electron chi connectivity index (χ2n) is 7.34. The second-order valence-corrected chi connectivity index (χ2v) is 7.34. The van der Waals surface area contributed by atoms with E-state index in [4.69, 9.17) is 4.74 Å². The SMILES string of the molecule is Cc1ccc(-c2cc(C(=O)N3CCCC(OCc4ccccc4)C3)[nH]n2)cc1. The van der Waals surface area contributed by atoms with Gasteiger partial charge in [-0.25, -0.2) is 0 Å². The molecule has 1 fully saturated rings. The van der Waals surface area contributed by atoms with Crippen molar-refractivity contribution in [2.75, 3.05) is 13.1 Å². The predicted molar refractivity (Wildman–Crippen MR) is 109 cm³/mol. The van der Waals surface area contributed by atoms with Gasteiger partial charge in [-0.2, -0.15) is 5.10 Å². The van der Waals surface area contributed by atoms with Gasteiger partial charge in [-0.3, -0.25) is 9.89 Å². The van der Waals surface area contributed by atoms with Gasteiger partial charge in [-0.05, 0) is 31.4 Å². The van der Waals surface area contributed by atoms with Crippen LogP contribution in [0, 0.1) is 6.92 Å². The highest BCUT2D eigenvalue weighted by molar-refractivity contribution is 5.93. The molecule has 1 amide bonds. The number of H-pyrrole nitrogens is 1. The minimum Gasteiger partial charge on any atom is -0.372 e. The lowest BCUT2D eigenvalue weighted by atomic mass is 10.1. The first kappa shape index (κ1) is 18.4. The van der Waals surface area contributed by atoms with E-state index in [-0.39, 0.29) is 12.0 Å². The van der Waals surface area contributed by atoms with Gasteiger partial charge in [0, 0.05) is 18.7 Å². The fraction of sp³-hybridized carbons (Fsp3) is 0.304. The van der Waals surface area contributed by atoms with Crippen molar-refractivity contribution in [1.29, 1.82) is 0 Å². The number of aromatic amines is 1. The van der Waals surface area contributed by atoms with E-state index in [1.807, 2.05) is 53.4 Å². The highest BCUT2D eigenvalue weighted by atomic mass is 16.5. The van der Waals surface area contributed by atoms with Gasteiger partial charge in [-0.1, -0.05) is 60.2 Å². The van der Waals surface area contributed by atoms with E-state index in [0.29, 0.717) is 18.8 Å². The first-order chi connectivity index (χ1) is 13.7. The highest BCUT2D eigenvalue weighted by Gasteiger charge is 2.26. The Morgan fingerprint density at radius 1 is 1.18 bits per heavy atom. The number of amides is 1. The molecule has 2 heterocycles.